The molecule has 8 heteroatoms. The molecule has 0 unspecified atom stereocenters. The normalized spacial score (nSPS) is 19.6. The van der Waals surface area contributed by atoms with Gasteiger partial charge in [-0.05, 0) is 76.7 Å². The van der Waals surface area contributed by atoms with Gasteiger partial charge in [-0.25, -0.2) is 4.79 Å². The number of carbonyl (C=O) groups is 3. The highest BCUT2D eigenvalue weighted by atomic mass is 16.6. The number of fused-ring (bicyclic) bond motifs is 1. The van der Waals surface area contributed by atoms with Gasteiger partial charge >= 0.3 is 6.09 Å². The number of hydrogen-bond donors (Lipinski definition) is 0. The largest absolute Gasteiger partial charge is 0.446 e. The number of rotatable bonds is 4. The van der Waals surface area contributed by atoms with Crippen molar-refractivity contribution in [3.05, 3.63) is 48.0 Å². The highest BCUT2D eigenvalue weighted by Gasteiger charge is 2.35. The summed E-state index contributed by atoms with van der Waals surface area (Å²) in [5, 5.41) is 0. The van der Waals surface area contributed by atoms with Crippen LogP contribution in [0.4, 0.5) is 16.2 Å². The Labute approximate surface area is 213 Å². The molecule has 0 saturated carbocycles. The fourth-order valence-electron chi connectivity index (χ4n) is 5.06. The van der Waals surface area contributed by atoms with Crippen LogP contribution in [0.15, 0.2) is 42.5 Å². The number of benzene rings is 2. The van der Waals surface area contributed by atoms with Crippen molar-refractivity contribution in [3.8, 4) is 11.1 Å². The van der Waals surface area contributed by atoms with E-state index >= 15 is 0 Å². The van der Waals surface area contributed by atoms with E-state index in [0.717, 1.165) is 30.6 Å². The van der Waals surface area contributed by atoms with E-state index in [-0.39, 0.29) is 24.0 Å². The lowest BCUT2D eigenvalue weighted by molar-refractivity contribution is -0.117. The third-order valence-corrected chi connectivity index (χ3v) is 6.96. The second-order valence-electron chi connectivity index (χ2n) is 10.2. The molecule has 3 amide bonds. The molecule has 0 N–H and O–H groups in total. The summed E-state index contributed by atoms with van der Waals surface area (Å²) in [5.41, 5.74) is 3.80. The van der Waals surface area contributed by atoms with Crippen LogP contribution in [-0.2, 0) is 9.53 Å². The summed E-state index contributed by atoms with van der Waals surface area (Å²) in [6, 6.07) is 13.5. The highest BCUT2D eigenvalue weighted by Crippen LogP contribution is 2.39. The minimum atomic E-state index is -0.430. The predicted octanol–water partition coefficient (Wildman–Crippen LogP) is 4.24. The number of nitrogens with zero attached hydrogens (tertiary/aromatic N) is 4. The molecule has 0 aliphatic carbocycles. The first-order chi connectivity index (χ1) is 17.1. The molecular formula is C28H36N4O4. The third kappa shape index (κ3) is 5.09. The number of carbonyl (C=O) groups excluding carboxylic acids is 3. The molecule has 192 valence electrons. The number of ether oxygens (including phenoxy) is 1. The molecule has 0 bridgehead atoms. The molecule has 8 nitrogen and oxygen atoms in total. The van der Waals surface area contributed by atoms with Gasteiger partial charge in [0.25, 0.3) is 5.91 Å². The molecule has 2 aliphatic heterocycles. The molecule has 4 rings (SSSR count). The van der Waals surface area contributed by atoms with E-state index in [9.17, 15) is 14.4 Å². The van der Waals surface area contributed by atoms with Crippen LogP contribution in [0.1, 0.15) is 44.5 Å². The van der Waals surface area contributed by atoms with Gasteiger partial charge in [0.05, 0.1) is 23.5 Å². The highest BCUT2D eigenvalue weighted by molar-refractivity contribution is 6.03. The molecule has 36 heavy (non-hydrogen) atoms. The minimum absolute atomic E-state index is 0.0463. The third-order valence-electron chi connectivity index (χ3n) is 6.96. The maximum atomic E-state index is 13.0. The Morgan fingerprint density at radius 3 is 2.22 bits per heavy atom. The quantitative estimate of drug-likeness (QED) is 0.639. The Hall–Kier alpha value is -3.39. The zero-order chi connectivity index (χ0) is 26.1. The van der Waals surface area contributed by atoms with Crippen molar-refractivity contribution in [1.82, 2.24) is 9.80 Å². The van der Waals surface area contributed by atoms with E-state index < -0.39 is 6.09 Å². The molecule has 2 aromatic rings. The van der Waals surface area contributed by atoms with Crippen molar-refractivity contribution in [2.24, 2.45) is 0 Å². The standard InChI is InChI=1S/C28H36N4O4/c1-18(2)36-28(35)31-16-19(3)32(20(4)33)25-12-11-23(15-26(25)31)21-7-9-22(10-8-21)27(34)30-14-13-24(17-30)29(5)6/h7-12,15,18-19,24H,13-14,16-17H2,1-6H3/t19-,24-/m0/s1. The monoisotopic (exact) mass is 492 g/mol. The van der Waals surface area contributed by atoms with E-state index in [1.54, 1.807) is 9.80 Å². The molecule has 0 spiro atoms. The fourth-order valence-corrected chi connectivity index (χ4v) is 5.06. The molecular weight excluding hydrogens is 456 g/mol. The lowest BCUT2D eigenvalue weighted by Gasteiger charge is -2.40. The molecule has 1 saturated heterocycles. The van der Waals surface area contributed by atoms with Crippen LogP contribution in [-0.4, -0.2) is 79.6 Å². The summed E-state index contributed by atoms with van der Waals surface area (Å²) in [4.78, 5) is 45.7. The Bertz CT molecular complexity index is 1140. The van der Waals surface area contributed by atoms with Crippen LogP contribution in [0.5, 0.6) is 0 Å². The van der Waals surface area contributed by atoms with Gasteiger partial charge < -0.3 is 19.4 Å². The first-order valence-electron chi connectivity index (χ1n) is 12.5. The molecule has 1 fully saturated rings. The predicted molar refractivity (Wildman–Crippen MR) is 141 cm³/mol. The van der Waals surface area contributed by atoms with Crippen LogP contribution < -0.4 is 9.80 Å². The SMILES string of the molecule is CC(=O)N1c2ccc(-c3ccc(C(=O)N4CC[C@H](N(C)C)C4)cc3)cc2N(C(=O)OC(C)C)C[C@@H]1C. The van der Waals surface area contributed by atoms with Crippen LogP contribution in [0, 0.1) is 0 Å². The summed E-state index contributed by atoms with van der Waals surface area (Å²) in [7, 11) is 4.10. The smallest absolute Gasteiger partial charge is 0.414 e. The maximum absolute atomic E-state index is 13.0. The van der Waals surface area contributed by atoms with Crippen LogP contribution in [0.25, 0.3) is 11.1 Å². The van der Waals surface area contributed by atoms with E-state index in [2.05, 4.69) is 4.90 Å². The summed E-state index contributed by atoms with van der Waals surface area (Å²) in [5.74, 6) is -0.0281. The number of hydrogen-bond acceptors (Lipinski definition) is 5. The van der Waals surface area contributed by atoms with Crippen molar-refractivity contribution < 1.29 is 19.1 Å². The Morgan fingerprint density at radius 2 is 1.64 bits per heavy atom. The summed E-state index contributed by atoms with van der Waals surface area (Å²) in [6.45, 7) is 8.94. The summed E-state index contributed by atoms with van der Waals surface area (Å²) in [6.07, 6.45) is 0.303. The van der Waals surface area contributed by atoms with E-state index in [4.69, 9.17) is 4.74 Å². The Morgan fingerprint density at radius 1 is 0.972 bits per heavy atom. The van der Waals surface area contributed by atoms with Crippen LogP contribution >= 0.6 is 0 Å². The first kappa shape index (κ1) is 25.7. The summed E-state index contributed by atoms with van der Waals surface area (Å²) >= 11 is 0. The van der Waals surface area contributed by atoms with Gasteiger partial charge in [0.15, 0.2) is 0 Å². The van der Waals surface area contributed by atoms with Crippen LogP contribution in [0.2, 0.25) is 0 Å². The van der Waals surface area contributed by atoms with E-state index in [1.807, 2.05) is 82.2 Å². The first-order valence-corrected chi connectivity index (χ1v) is 12.5. The lowest BCUT2D eigenvalue weighted by atomic mass is 9.99. The molecule has 2 atom stereocenters. The van der Waals surface area contributed by atoms with Gasteiger partial charge in [0, 0.05) is 38.2 Å². The average Bonchev–Trinajstić information content (AvgIpc) is 3.33. The Kier molecular flexibility index (Phi) is 7.36. The van der Waals surface area contributed by atoms with Gasteiger partial charge in [-0.1, -0.05) is 18.2 Å². The molecule has 0 aromatic heterocycles. The fraction of sp³-hybridized carbons (Fsp3) is 0.464. The molecule has 2 heterocycles. The van der Waals surface area contributed by atoms with Gasteiger partial charge in [0.2, 0.25) is 5.91 Å². The topological polar surface area (TPSA) is 73.4 Å². The van der Waals surface area contributed by atoms with Crippen molar-refractivity contribution >= 4 is 29.3 Å². The number of likely N-dealkylation sites (N-methyl/N-ethyl adjacent to an activating group) is 1. The zero-order valence-corrected chi connectivity index (χ0v) is 22.0. The van der Waals surface area contributed by atoms with E-state index in [0.29, 0.717) is 29.5 Å². The second-order valence-corrected chi connectivity index (χ2v) is 10.2. The van der Waals surface area contributed by atoms with Gasteiger partial charge in [0.1, 0.15) is 0 Å². The minimum Gasteiger partial charge on any atom is -0.446 e. The van der Waals surface area contributed by atoms with Crippen molar-refractivity contribution in [3.63, 3.8) is 0 Å². The number of amides is 3. The van der Waals surface area contributed by atoms with Crippen LogP contribution in [0.3, 0.4) is 0 Å². The molecule has 2 aliphatic rings. The van der Waals surface area contributed by atoms with Crippen molar-refractivity contribution in [2.45, 2.75) is 52.3 Å². The lowest BCUT2D eigenvalue weighted by Crippen LogP contribution is -2.51. The number of likely N-dealkylation sites (tertiary alicyclic amines) is 1. The van der Waals surface area contributed by atoms with Gasteiger partial charge in [-0.15, -0.1) is 0 Å². The van der Waals surface area contributed by atoms with Gasteiger partial charge in [-0.3, -0.25) is 14.5 Å². The maximum Gasteiger partial charge on any atom is 0.414 e. The molecule has 0 radical (unpaired) electrons. The number of anilines is 2. The zero-order valence-electron chi connectivity index (χ0n) is 22.0. The van der Waals surface area contributed by atoms with E-state index in [1.165, 1.54) is 6.92 Å². The Balaban J connectivity index is 1.62. The molecule has 2 aromatic carbocycles. The van der Waals surface area contributed by atoms with Crippen molar-refractivity contribution in [1.29, 1.82) is 0 Å². The average molecular weight is 493 g/mol. The van der Waals surface area contributed by atoms with Gasteiger partial charge in [-0.2, -0.15) is 0 Å². The van der Waals surface area contributed by atoms with Crippen molar-refractivity contribution in [2.75, 3.05) is 43.5 Å². The second kappa shape index (κ2) is 10.3. The summed E-state index contributed by atoms with van der Waals surface area (Å²) < 4.78 is 5.49.